The van der Waals surface area contributed by atoms with E-state index in [1.54, 1.807) is 48.5 Å². The zero-order valence-electron chi connectivity index (χ0n) is 15.1. The number of benzene rings is 2. The maximum atomic E-state index is 13.0. The van der Waals surface area contributed by atoms with Crippen LogP contribution in [0.15, 0.2) is 88.1 Å². The molecule has 4 aromatic rings. The molecule has 0 spiro atoms. The molecule has 7 nitrogen and oxygen atoms in total. The predicted molar refractivity (Wildman–Crippen MR) is 105 cm³/mol. The van der Waals surface area contributed by atoms with Crippen LogP contribution in [-0.4, -0.2) is 21.9 Å². The van der Waals surface area contributed by atoms with E-state index in [1.165, 1.54) is 18.6 Å². The molecule has 0 aliphatic rings. The van der Waals surface area contributed by atoms with Crippen molar-refractivity contribution < 1.29 is 23.5 Å². The first-order valence-corrected chi connectivity index (χ1v) is 8.70. The maximum Gasteiger partial charge on any atom is 0.311 e. The molecule has 0 fully saturated rings. The van der Waals surface area contributed by atoms with Crippen LogP contribution in [0.3, 0.4) is 0 Å². The van der Waals surface area contributed by atoms with Crippen LogP contribution in [-0.2, 0) is 0 Å². The average Bonchev–Trinajstić information content (AvgIpc) is 3.41. The molecule has 144 valence electrons. The van der Waals surface area contributed by atoms with Crippen LogP contribution in [0.5, 0.6) is 5.95 Å². The standard InChI is InChI=1S/C22H16N2O5/c23-24(20(25)16-11-12-28-13-16)21(26)19-17(14-7-3-1-4-8-14)18(22(27)29-19)15-9-5-2-6-10-15/h1-13,27H,23H2. The summed E-state index contributed by atoms with van der Waals surface area (Å²) in [4.78, 5) is 25.5. The number of imide groups is 1. The fraction of sp³-hybridized carbons (Fsp3) is 0. The summed E-state index contributed by atoms with van der Waals surface area (Å²) in [6.45, 7) is 0. The molecule has 0 radical (unpaired) electrons. The van der Waals surface area contributed by atoms with E-state index in [1.807, 2.05) is 12.1 Å². The highest BCUT2D eigenvalue weighted by molar-refractivity contribution is 6.12. The van der Waals surface area contributed by atoms with Crippen molar-refractivity contribution in [2.24, 2.45) is 5.84 Å². The van der Waals surface area contributed by atoms with E-state index in [4.69, 9.17) is 14.7 Å². The number of hydrogen-bond donors (Lipinski definition) is 2. The third-order valence-electron chi connectivity index (χ3n) is 4.41. The van der Waals surface area contributed by atoms with Gasteiger partial charge in [-0.2, -0.15) is 0 Å². The van der Waals surface area contributed by atoms with Gasteiger partial charge in [-0.15, -0.1) is 0 Å². The Hall–Kier alpha value is -4.10. The van der Waals surface area contributed by atoms with Gasteiger partial charge >= 0.3 is 5.91 Å². The molecule has 2 aromatic heterocycles. The predicted octanol–water partition coefficient (Wildman–Crippen LogP) is 4.07. The summed E-state index contributed by atoms with van der Waals surface area (Å²) in [6.07, 6.45) is 2.48. The number of nitrogens with zero attached hydrogens (tertiary/aromatic N) is 1. The molecule has 0 aliphatic carbocycles. The molecular weight excluding hydrogens is 372 g/mol. The van der Waals surface area contributed by atoms with E-state index in [0.717, 1.165) is 0 Å². The molecule has 4 rings (SSSR count). The fourth-order valence-corrected chi connectivity index (χ4v) is 3.05. The van der Waals surface area contributed by atoms with Crippen LogP contribution < -0.4 is 5.84 Å². The summed E-state index contributed by atoms with van der Waals surface area (Å²) in [5.41, 5.74) is 2.07. The van der Waals surface area contributed by atoms with Gasteiger partial charge in [0.15, 0.2) is 0 Å². The Kier molecular flexibility index (Phi) is 4.72. The van der Waals surface area contributed by atoms with Gasteiger partial charge in [-0.25, -0.2) is 10.9 Å². The molecule has 3 N–H and O–H groups in total. The number of rotatable bonds is 4. The lowest BCUT2D eigenvalue weighted by atomic mass is 9.96. The van der Waals surface area contributed by atoms with Gasteiger partial charge in [-0.1, -0.05) is 60.7 Å². The largest absolute Gasteiger partial charge is 0.480 e. The van der Waals surface area contributed by atoms with E-state index in [-0.39, 0.29) is 11.3 Å². The fourth-order valence-electron chi connectivity index (χ4n) is 3.05. The molecule has 0 bridgehead atoms. The van der Waals surface area contributed by atoms with Crippen LogP contribution >= 0.6 is 0 Å². The molecule has 0 saturated heterocycles. The second-order valence-corrected chi connectivity index (χ2v) is 6.21. The third-order valence-corrected chi connectivity index (χ3v) is 4.41. The smallest absolute Gasteiger partial charge is 0.311 e. The number of carbonyl (C=O) groups excluding carboxylic acids is 2. The van der Waals surface area contributed by atoms with Crippen molar-refractivity contribution in [1.82, 2.24) is 5.01 Å². The van der Waals surface area contributed by atoms with Gasteiger partial charge in [0, 0.05) is 5.56 Å². The summed E-state index contributed by atoms with van der Waals surface area (Å²) < 4.78 is 10.3. The Bertz CT molecular complexity index is 1150. The number of hydrogen-bond acceptors (Lipinski definition) is 6. The van der Waals surface area contributed by atoms with Crippen molar-refractivity contribution in [2.75, 3.05) is 0 Å². The molecule has 7 heteroatoms. The summed E-state index contributed by atoms with van der Waals surface area (Å²) in [6, 6.07) is 19.3. The Morgan fingerprint density at radius 1 is 0.828 bits per heavy atom. The minimum Gasteiger partial charge on any atom is -0.480 e. The quantitative estimate of drug-likeness (QED) is 0.236. The molecule has 2 amide bonds. The van der Waals surface area contributed by atoms with E-state index in [9.17, 15) is 14.7 Å². The van der Waals surface area contributed by atoms with E-state index in [2.05, 4.69) is 0 Å². The summed E-state index contributed by atoms with van der Waals surface area (Å²) in [5, 5.41) is 10.9. The Morgan fingerprint density at radius 3 is 1.97 bits per heavy atom. The zero-order chi connectivity index (χ0) is 20.4. The van der Waals surface area contributed by atoms with Crippen molar-refractivity contribution >= 4 is 11.8 Å². The second kappa shape index (κ2) is 7.49. The van der Waals surface area contributed by atoms with Gasteiger partial charge in [0.25, 0.3) is 11.9 Å². The lowest BCUT2D eigenvalue weighted by Crippen LogP contribution is -2.42. The monoisotopic (exact) mass is 388 g/mol. The van der Waals surface area contributed by atoms with Crippen molar-refractivity contribution in [2.45, 2.75) is 0 Å². The normalized spacial score (nSPS) is 10.7. The molecule has 0 aliphatic heterocycles. The van der Waals surface area contributed by atoms with Crippen LogP contribution in [0.4, 0.5) is 0 Å². The zero-order valence-corrected chi connectivity index (χ0v) is 15.1. The third kappa shape index (κ3) is 3.30. The summed E-state index contributed by atoms with van der Waals surface area (Å²) in [5.74, 6) is 3.43. The number of carbonyl (C=O) groups is 2. The number of hydrazine groups is 1. The highest BCUT2D eigenvalue weighted by Crippen LogP contribution is 2.43. The number of amides is 2. The van der Waals surface area contributed by atoms with Crippen molar-refractivity contribution in [1.29, 1.82) is 0 Å². The lowest BCUT2D eigenvalue weighted by Gasteiger charge is -2.13. The van der Waals surface area contributed by atoms with Crippen LogP contribution in [0.2, 0.25) is 0 Å². The summed E-state index contributed by atoms with van der Waals surface area (Å²) in [7, 11) is 0. The van der Waals surface area contributed by atoms with Gasteiger partial charge < -0.3 is 13.9 Å². The van der Waals surface area contributed by atoms with Crippen molar-refractivity contribution in [3.63, 3.8) is 0 Å². The SMILES string of the molecule is NN(C(=O)c1ccoc1)C(=O)c1oc(O)c(-c2ccccc2)c1-c1ccccc1. The van der Waals surface area contributed by atoms with Crippen molar-refractivity contribution in [3.8, 4) is 28.2 Å². The van der Waals surface area contributed by atoms with Gasteiger partial charge in [-0.05, 0) is 17.2 Å². The lowest BCUT2D eigenvalue weighted by molar-refractivity contribution is 0.0592. The Labute approximate surface area is 165 Å². The molecule has 2 aromatic carbocycles. The average molecular weight is 388 g/mol. The van der Waals surface area contributed by atoms with E-state index in [0.29, 0.717) is 27.3 Å². The summed E-state index contributed by atoms with van der Waals surface area (Å²) >= 11 is 0. The Balaban J connectivity index is 1.86. The maximum absolute atomic E-state index is 13.0. The topological polar surface area (TPSA) is 110 Å². The first kappa shape index (κ1) is 18.3. The van der Waals surface area contributed by atoms with E-state index < -0.39 is 17.8 Å². The number of furan rings is 2. The highest BCUT2D eigenvalue weighted by Gasteiger charge is 2.32. The number of nitrogens with two attached hydrogens (primary N) is 1. The molecule has 2 heterocycles. The van der Waals surface area contributed by atoms with Gasteiger partial charge in [0.2, 0.25) is 5.76 Å². The van der Waals surface area contributed by atoms with Crippen LogP contribution in [0, 0.1) is 0 Å². The molecule has 0 unspecified atom stereocenters. The van der Waals surface area contributed by atoms with Gasteiger partial charge in [0.1, 0.15) is 6.26 Å². The van der Waals surface area contributed by atoms with Gasteiger partial charge in [-0.3, -0.25) is 9.59 Å². The highest BCUT2D eigenvalue weighted by atomic mass is 16.5. The number of aromatic hydroxyl groups is 1. The Morgan fingerprint density at radius 2 is 1.41 bits per heavy atom. The van der Waals surface area contributed by atoms with Crippen molar-refractivity contribution in [3.05, 3.63) is 90.6 Å². The minimum absolute atomic E-state index is 0.112. The van der Waals surface area contributed by atoms with E-state index >= 15 is 0 Å². The first-order chi connectivity index (χ1) is 14.1. The first-order valence-electron chi connectivity index (χ1n) is 8.70. The molecule has 0 atom stereocenters. The second-order valence-electron chi connectivity index (χ2n) is 6.21. The molecular formula is C22H16N2O5. The van der Waals surface area contributed by atoms with Crippen LogP contribution in [0.25, 0.3) is 22.3 Å². The minimum atomic E-state index is -0.896. The molecule has 0 saturated carbocycles. The van der Waals surface area contributed by atoms with Crippen LogP contribution in [0.1, 0.15) is 20.9 Å². The molecule has 29 heavy (non-hydrogen) atoms. The van der Waals surface area contributed by atoms with Gasteiger partial charge in [0.05, 0.1) is 17.4 Å².